The molecule has 1 fully saturated rings. The van der Waals surface area contributed by atoms with Crippen LogP contribution in [0.15, 0.2) is 41.0 Å². The molecule has 0 atom stereocenters. The minimum Gasteiger partial charge on any atom is -0.467 e. The van der Waals surface area contributed by atoms with Crippen LogP contribution < -0.4 is 10.6 Å². The fourth-order valence-electron chi connectivity index (χ4n) is 3.42. The number of hydrogen-bond donors (Lipinski definition) is 2. The van der Waals surface area contributed by atoms with E-state index in [0.717, 1.165) is 25.2 Å². The number of fused-ring (bicyclic) bond motifs is 1. The van der Waals surface area contributed by atoms with Gasteiger partial charge in [-0.1, -0.05) is 0 Å². The molecule has 6 nitrogen and oxygen atoms in total. The van der Waals surface area contributed by atoms with Crippen LogP contribution >= 0.6 is 12.4 Å². The number of nitrogens with zero attached hydrogens (tertiary/aromatic N) is 2. The average molecular weight is 429 g/mol. The fourth-order valence-corrected chi connectivity index (χ4v) is 3.42. The number of amides is 1. The first-order valence-electron chi connectivity index (χ1n) is 9.03. The number of alkyl halides is 3. The summed E-state index contributed by atoms with van der Waals surface area (Å²) >= 11 is 0. The molecule has 4 rings (SSSR count). The van der Waals surface area contributed by atoms with Crippen LogP contribution in [0.25, 0.3) is 11.0 Å². The Kier molecular flexibility index (Phi) is 6.18. The first kappa shape index (κ1) is 21.2. The monoisotopic (exact) mass is 428 g/mol. The van der Waals surface area contributed by atoms with E-state index in [1.54, 1.807) is 16.7 Å². The van der Waals surface area contributed by atoms with E-state index in [1.165, 1.54) is 12.3 Å². The normalized spacial score (nSPS) is 15.3. The Labute approximate surface area is 170 Å². The summed E-state index contributed by atoms with van der Waals surface area (Å²) in [7, 11) is 0. The number of aromatic nitrogens is 2. The van der Waals surface area contributed by atoms with E-state index in [4.69, 9.17) is 4.42 Å². The molecule has 156 valence electrons. The fraction of sp³-hybridized carbons (Fsp3) is 0.368. The molecule has 1 aliphatic rings. The third-order valence-corrected chi connectivity index (χ3v) is 4.91. The zero-order valence-electron chi connectivity index (χ0n) is 15.3. The number of rotatable bonds is 4. The molecule has 0 spiro atoms. The summed E-state index contributed by atoms with van der Waals surface area (Å²) < 4.78 is 46.2. The molecular weight excluding hydrogens is 409 g/mol. The van der Waals surface area contributed by atoms with E-state index in [2.05, 4.69) is 15.6 Å². The van der Waals surface area contributed by atoms with Gasteiger partial charge in [-0.2, -0.15) is 13.2 Å². The summed E-state index contributed by atoms with van der Waals surface area (Å²) in [5.41, 5.74) is -0.120. The van der Waals surface area contributed by atoms with Crippen molar-refractivity contribution in [3.05, 3.63) is 47.9 Å². The molecule has 0 bridgehead atoms. The van der Waals surface area contributed by atoms with Gasteiger partial charge in [-0.05, 0) is 56.3 Å². The molecule has 29 heavy (non-hydrogen) atoms. The number of anilines is 1. The van der Waals surface area contributed by atoms with Crippen LogP contribution in [0, 0.1) is 5.92 Å². The highest BCUT2D eigenvalue weighted by Gasteiger charge is 2.31. The number of halogens is 4. The molecule has 3 heterocycles. The maximum Gasteiger partial charge on any atom is 0.416 e. The van der Waals surface area contributed by atoms with Crippen molar-refractivity contribution in [3.63, 3.8) is 0 Å². The summed E-state index contributed by atoms with van der Waals surface area (Å²) in [6, 6.07) is 6.86. The first-order valence-corrected chi connectivity index (χ1v) is 9.03. The van der Waals surface area contributed by atoms with Gasteiger partial charge in [0.1, 0.15) is 5.76 Å². The van der Waals surface area contributed by atoms with Gasteiger partial charge in [-0.25, -0.2) is 4.98 Å². The van der Waals surface area contributed by atoms with Crippen LogP contribution in [0.5, 0.6) is 0 Å². The number of hydrogen-bond acceptors (Lipinski definition) is 4. The lowest BCUT2D eigenvalue weighted by molar-refractivity contribution is -0.137. The highest BCUT2D eigenvalue weighted by atomic mass is 35.5. The summed E-state index contributed by atoms with van der Waals surface area (Å²) in [5.74, 6) is 0.503. The van der Waals surface area contributed by atoms with Crippen molar-refractivity contribution in [1.82, 2.24) is 14.9 Å². The van der Waals surface area contributed by atoms with Crippen molar-refractivity contribution in [2.45, 2.75) is 25.6 Å². The van der Waals surface area contributed by atoms with Crippen molar-refractivity contribution in [3.8, 4) is 0 Å². The molecule has 0 saturated carbocycles. The second kappa shape index (κ2) is 8.46. The standard InChI is InChI=1S/C19H19F3N4O2.ClH/c20-19(21,22)13-3-4-16-15(10-13)24-18(26(16)11-14-2-1-9-28-14)25-17(27)12-5-7-23-8-6-12;/h1-4,9-10,12,23H,5-8,11H2,(H,24,25,27);1H. The molecule has 2 aromatic heterocycles. The van der Waals surface area contributed by atoms with Crippen LogP contribution in [0.3, 0.4) is 0 Å². The number of furan rings is 1. The van der Waals surface area contributed by atoms with Crippen LogP contribution in [-0.4, -0.2) is 28.5 Å². The Morgan fingerprint density at radius 1 is 1.28 bits per heavy atom. The minimum atomic E-state index is -4.46. The summed E-state index contributed by atoms with van der Waals surface area (Å²) in [4.78, 5) is 16.9. The number of carbonyl (C=O) groups is 1. The van der Waals surface area contributed by atoms with E-state index < -0.39 is 11.7 Å². The van der Waals surface area contributed by atoms with Gasteiger partial charge >= 0.3 is 6.18 Å². The number of benzene rings is 1. The van der Waals surface area contributed by atoms with Crippen LogP contribution in [0.4, 0.5) is 19.1 Å². The van der Waals surface area contributed by atoms with Crippen molar-refractivity contribution < 1.29 is 22.4 Å². The highest BCUT2D eigenvalue weighted by molar-refractivity contribution is 5.93. The van der Waals surface area contributed by atoms with E-state index in [1.807, 2.05) is 0 Å². The molecule has 1 saturated heterocycles. The molecular formula is C19H20ClF3N4O2. The Balaban J connectivity index is 0.00000240. The zero-order valence-corrected chi connectivity index (χ0v) is 16.1. The van der Waals surface area contributed by atoms with E-state index >= 15 is 0 Å². The second-order valence-electron chi connectivity index (χ2n) is 6.82. The van der Waals surface area contributed by atoms with Gasteiger partial charge < -0.3 is 14.3 Å². The van der Waals surface area contributed by atoms with Crippen LogP contribution in [0.1, 0.15) is 24.2 Å². The Morgan fingerprint density at radius 2 is 2.03 bits per heavy atom. The van der Waals surface area contributed by atoms with Gasteiger partial charge in [-0.3, -0.25) is 10.1 Å². The predicted molar refractivity (Wildman–Crippen MR) is 104 cm³/mol. The maximum atomic E-state index is 13.1. The zero-order chi connectivity index (χ0) is 19.7. The third-order valence-electron chi connectivity index (χ3n) is 4.91. The Morgan fingerprint density at radius 3 is 2.69 bits per heavy atom. The predicted octanol–water partition coefficient (Wildman–Crippen LogP) is 4.06. The van der Waals surface area contributed by atoms with Gasteiger partial charge in [0.25, 0.3) is 0 Å². The van der Waals surface area contributed by atoms with Crippen molar-refractivity contribution >= 4 is 35.3 Å². The molecule has 0 aliphatic carbocycles. The summed E-state index contributed by atoms with van der Waals surface area (Å²) in [6.45, 7) is 1.77. The maximum absolute atomic E-state index is 13.1. The van der Waals surface area contributed by atoms with Crippen LogP contribution in [-0.2, 0) is 17.5 Å². The Hall–Kier alpha value is -2.52. The van der Waals surface area contributed by atoms with Gasteiger partial charge in [0.2, 0.25) is 11.9 Å². The molecule has 0 unspecified atom stereocenters. The van der Waals surface area contributed by atoms with E-state index in [9.17, 15) is 18.0 Å². The highest BCUT2D eigenvalue weighted by Crippen LogP contribution is 2.32. The Bertz CT molecular complexity index is 979. The van der Waals surface area contributed by atoms with Gasteiger partial charge in [0, 0.05) is 5.92 Å². The lowest BCUT2D eigenvalue weighted by atomic mass is 9.97. The van der Waals surface area contributed by atoms with Crippen molar-refractivity contribution in [2.24, 2.45) is 5.92 Å². The summed E-state index contributed by atoms with van der Waals surface area (Å²) in [6.07, 6.45) is -1.52. The quantitative estimate of drug-likeness (QED) is 0.657. The number of carbonyl (C=O) groups excluding carboxylic acids is 1. The molecule has 1 amide bonds. The SMILES string of the molecule is Cl.O=C(Nc1nc2cc(C(F)(F)F)ccc2n1Cc1ccco1)C1CCNCC1. The number of piperidine rings is 1. The van der Waals surface area contributed by atoms with Crippen molar-refractivity contribution in [1.29, 1.82) is 0 Å². The lowest BCUT2D eigenvalue weighted by Gasteiger charge is -2.21. The molecule has 2 N–H and O–H groups in total. The third kappa shape index (κ3) is 4.56. The van der Waals surface area contributed by atoms with Crippen molar-refractivity contribution in [2.75, 3.05) is 18.4 Å². The molecule has 1 aromatic carbocycles. The summed E-state index contributed by atoms with van der Waals surface area (Å²) in [5, 5.41) is 6.00. The molecule has 0 radical (unpaired) electrons. The largest absolute Gasteiger partial charge is 0.467 e. The van der Waals surface area contributed by atoms with E-state index in [0.29, 0.717) is 24.1 Å². The molecule has 1 aliphatic heterocycles. The van der Waals surface area contributed by atoms with E-state index in [-0.39, 0.29) is 42.2 Å². The smallest absolute Gasteiger partial charge is 0.416 e. The number of nitrogens with one attached hydrogen (secondary N) is 2. The minimum absolute atomic E-state index is 0. The number of imidazole rings is 1. The second-order valence-corrected chi connectivity index (χ2v) is 6.82. The molecule has 10 heteroatoms. The van der Waals surface area contributed by atoms with Gasteiger partial charge in [0.15, 0.2) is 0 Å². The van der Waals surface area contributed by atoms with Crippen LogP contribution in [0.2, 0.25) is 0 Å². The lowest BCUT2D eigenvalue weighted by Crippen LogP contribution is -2.35. The van der Waals surface area contributed by atoms with Gasteiger partial charge in [0.05, 0.1) is 29.4 Å². The topological polar surface area (TPSA) is 72.1 Å². The average Bonchev–Trinajstić information content (AvgIpc) is 3.30. The first-order chi connectivity index (χ1) is 13.4. The van der Waals surface area contributed by atoms with Gasteiger partial charge in [-0.15, -0.1) is 12.4 Å². The molecule has 3 aromatic rings.